The van der Waals surface area contributed by atoms with E-state index in [1.165, 1.54) is 12.1 Å². The van der Waals surface area contributed by atoms with Crippen molar-refractivity contribution in [3.63, 3.8) is 0 Å². The van der Waals surface area contributed by atoms with Gasteiger partial charge in [0.2, 0.25) is 0 Å². The van der Waals surface area contributed by atoms with Crippen LogP contribution >= 0.6 is 0 Å². The summed E-state index contributed by atoms with van der Waals surface area (Å²) in [6, 6.07) is 3.72. The smallest absolute Gasteiger partial charge is 0.317 e. The minimum atomic E-state index is -1.57. The molecule has 2 rings (SSSR count). The zero-order valence-corrected chi connectivity index (χ0v) is 21.4. The van der Waals surface area contributed by atoms with Crippen LogP contribution in [0.4, 0.5) is 13.6 Å². The fourth-order valence-corrected chi connectivity index (χ4v) is 5.01. The van der Waals surface area contributed by atoms with E-state index in [0.29, 0.717) is 45.4 Å². The SMILES string of the molecule is CNCC(CC(C)(C)C)NC(=O)N1CCCC(C(O)(CCCCOC)c2cccc(F)c2F)C1. The van der Waals surface area contributed by atoms with Crippen LogP contribution in [0.1, 0.15) is 64.9 Å². The lowest BCUT2D eigenvalue weighted by Gasteiger charge is -2.43. The number of likely N-dealkylation sites (N-methyl/N-ethyl adjacent to an activating group) is 1. The molecule has 1 aromatic rings. The summed E-state index contributed by atoms with van der Waals surface area (Å²) in [6.45, 7) is 8.43. The normalized spacial score (nSPS) is 19.5. The van der Waals surface area contributed by atoms with Gasteiger partial charge in [0.05, 0.1) is 5.60 Å². The van der Waals surface area contributed by atoms with E-state index in [-0.39, 0.29) is 36.0 Å². The summed E-state index contributed by atoms with van der Waals surface area (Å²) in [6.07, 6.45) is 3.69. The van der Waals surface area contributed by atoms with Crippen molar-refractivity contribution in [2.24, 2.45) is 11.3 Å². The van der Waals surface area contributed by atoms with Gasteiger partial charge in [-0.2, -0.15) is 0 Å². The quantitative estimate of drug-likeness (QED) is 0.408. The maximum absolute atomic E-state index is 14.8. The van der Waals surface area contributed by atoms with Crippen LogP contribution < -0.4 is 10.6 Å². The number of benzene rings is 1. The number of hydrogen-bond donors (Lipinski definition) is 3. The summed E-state index contributed by atoms with van der Waals surface area (Å²) >= 11 is 0. The first-order chi connectivity index (χ1) is 16.0. The van der Waals surface area contributed by atoms with Crippen molar-refractivity contribution < 1.29 is 23.4 Å². The standard InChI is InChI=1S/C26H43F2N3O3/c1-25(2,3)16-20(17-29-4)30-24(32)31-14-9-10-19(18-31)26(33,13-6-7-15-34-5)21-11-8-12-22(27)23(21)28/h8,11-12,19-20,29,33H,6-7,9-10,13-18H2,1-5H3,(H,30,32). The van der Waals surface area contributed by atoms with E-state index in [0.717, 1.165) is 12.5 Å². The summed E-state index contributed by atoms with van der Waals surface area (Å²) in [4.78, 5) is 14.9. The van der Waals surface area contributed by atoms with E-state index in [1.54, 1.807) is 12.0 Å². The number of unbranched alkanes of at least 4 members (excludes halogenated alkanes) is 1. The summed E-state index contributed by atoms with van der Waals surface area (Å²) in [7, 11) is 3.47. The molecule has 6 nitrogen and oxygen atoms in total. The van der Waals surface area contributed by atoms with Gasteiger partial charge < -0.3 is 25.4 Å². The van der Waals surface area contributed by atoms with E-state index in [1.807, 2.05) is 7.05 Å². The number of halogens is 2. The molecule has 1 aliphatic heterocycles. The van der Waals surface area contributed by atoms with Gasteiger partial charge in [-0.25, -0.2) is 13.6 Å². The van der Waals surface area contributed by atoms with Gasteiger partial charge in [-0.3, -0.25) is 0 Å². The Labute approximate surface area is 203 Å². The number of rotatable bonds is 11. The molecular weight excluding hydrogens is 440 g/mol. The molecule has 8 heteroatoms. The number of likely N-dealkylation sites (tertiary alicyclic amines) is 1. The largest absolute Gasteiger partial charge is 0.385 e. The lowest BCUT2D eigenvalue weighted by molar-refractivity contribution is -0.0591. The molecule has 0 radical (unpaired) electrons. The number of nitrogens with zero attached hydrogens (tertiary/aromatic N) is 1. The highest BCUT2D eigenvalue weighted by molar-refractivity contribution is 5.74. The second-order valence-electron chi connectivity index (χ2n) is 10.7. The topological polar surface area (TPSA) is 73.8 Å². The number of carbonyl (C=O) groups excluding carboxylic acids is 1. The Hall–Kier alpha value is -1.77. The Balaban J connectivity index is 2.22. The second-order valence-corrected chi connectivity index (χ2v) is 10.7. The number of methoxy groups -OCH3 is 1. The molecule has 0 spiro atoms. The van der Waals surface area contributed by atoms with Gasteiger partial charge in [-0.05, 0) is 57.1 Å². The second kappa shape index (κ2) is 12.8. The Bertz CT molecular complexity index is 787. The number of aliphatic hydroxyl groups is 1. The molecular formula is C26H43F2N3O3. The summed E-state index contributed by atoms with van der Waals surface area (Å²) in [5, 5.41) is 18.1. The molecule has 1 saturated heterocycles. The van der Waals surface area contributed by atoms with Crippen LogP contribution in [0.15, 0.2) is 18.2 Å². The van der Waals surface area contributed by atoms with Crippen molar-refractivity contribution in [1.82, 2.24) is 15.5 Å². The van der Waals surface area contributed by atoms with Gasteiger partial charge in [0.25, 0.3) is 0 Å². The van der Waals surface area contributed by atoms with Gasteiger partial charge in [0, 0.05) is 50.9 Å². The molecule has 0 aromatic heterocycles. The van der Waals surface area contributed by atoms with Crippen LogP contribution in [0.2, 0.25) is 0 Å². The molecule has 0 aliphatic carbocycles. The molecule has 2 amide bonds. The van der Waals surface area contributed by atoms with E-state index >= 15 is 0 Å². The predicted octanol–water partition coefficient (Wildman–Crippen LogP) is 4.41. The minimum Gasteiger partial charge on any atom is -0.385 e. The molecule has 1 aromatic carbocycles. The molecule has 0 saturated carbocycles. The number of nitrogens with one attached hydrogen (secondary N) is 2. The fraction of sp³-hybridized carbons (Fsp3) is 0.731. The number of urea groups is 1. The number of hydrogen-bond acceptors (Lipinski definition) is 4. The van der Waals surface area contributed by atoms with E-state index in [2.05, 4.69) is 31.4 Å². The number of ether oxygens (including phenoxy) is 1. The van der Waals surface area contributed by atoms with Crippen molar-refractivity contribution in [3.05, 3.63) is 35.4 Å². The van der Waals surface area contributed by atoms with Crippen molar-refractivity contribution in [2.45, 2.75) is 70.9 Å². The van der Waals surface area contributed by atoms with E-state index in [9.17, 15) is 18.7 Å². The summed E-state index contributed by atoms with van der Waals surface area (Å²) < 4.78 is 34.0. The van der Waals surface area contributed by atoms with Crippen LogP contribution in [0.25, 0.3) is 0 Å². The van der Waals surface area contributed by atoms with Crippen LogP contribution in [-0.2, 0) is 10.3 Å². The highest BCUT2D eigenvalue weighted by atomic mass is 19.2. The zero-order valence-electron chi connectivity index (χ0n) is 21.4. The molecule has 0 bridgehead atoms. The molecule has 3 N–H and O–H groups in total. The number of carbonyl (C=O) groups is 1. The van der Waals surface area contributed by atoms with Crippen molar-refractivity contribution in [1.29, 1.82) is 0 Å². The number of piperidine rings is 1. The summed E-state index contributed by atoms with van der Waals surface area (Å²) in [5.41, 5.74) is -1.55. The molecule has 34 heavy (non-hydrogen) atoms. The van der Waals surface area contributed by atoms with E-state index < -0.39 is 23.2 Å². The Morgan fingerprint density at radius 2 is 2.03 bits per heavy atom. The third-order valence-corrected chi connectivity index (χ3v) is 6.60. The van der Waals surface area contributed by atoms with Crippen LogP contribution in [-0.4, -0.2) is 62.5 Å². The van der Waals surface area contributed by atoms with E-state index in [4.69, 9.17) is 4.74 Å². The Morgan fingerprint density at radius 3 is 2.68 bits per heavy atom. The molecule has 1 fully saturated rings. The van der Waals surface area contributed by atoms with Crippen molar-refractivity contribution >= 4 is 6.03 Å². The first-order valence-corrected chi connectivity index (χ1v) is 12.4. The molecule has 194 valence electrons. The average molecular weight is 484 g/mol. The monoisotopic (exact) mass is 483 g/mol. The van der Waals surface area contributed by atoms with Crippen LogP contribution in [0.3, 0.4) is 0 Å². The Kier molecular flexibility index (Phi) is 10.7. The Morgan fingerprint density at radius 1 is 1.29 bits per heavy atom. The van der Waals surface area contributed by atoms with Gasteiger partial charge in [0.1, 0.15) is 0 Å². The van der Waals surface area contributed by atoms with Gasteiger partial charge in [-0.15, -0.1) is 0 Å². The predicted molar refractivity (Wildman–Crippen MR) is 131 cm³/mol. The first-order valence-electron chi connectivity index (χ1n) is 12.4. The summed E-state index contributed by atoms with van der Waals surface area (Å²) in [5.74, 6) is -2.40. The molecule has 3 atom stereocenters. The maximum atomic E-state index is 14.8. The highest BCUT2D eigenvalue weighted by Crippen LogP contribution is 2.41. The third-order valence-electron chi connectivity index (χ3n) is 6.60. The van der Waals surface area contributed by atoms with Crippen LogP contribution in [0.5, 0.6) is 0 Å². The zero-order chi connectivity index (χ0) is 25.4. The van der Waals surface area contributed by atoms with Crippen molar-refractivity contribution in [3.8, 4) is 0 Å². The van der Waals surface area contributed by atoms with Gasteiger partial charge >= 0.3 is 6.03 Å². The first kappa shape index (κ1) is 28.5. The highest BCUT2D eigenvalue weighted by Gasteiger charge is 2.43. The van der Waals surface area contributed by atoms with Gasteiger partial charge in [-0.1, -0.05) is 32.9 Å². The lowest BCUT2D eigenvalue weighted by atomic mass is 9.74. The third kappa shape index (κ3) is 7.89. The lowest BCUT2D eigenvalue weighted by Crippen LogP contribution is -2.54. The van der Waals surface area contributed by atoms with Gasteiger partial charge in [0.15, 0.2) is 11.6 Å². The van der Waals surface area contributed by atoms with Crippen LogP contribution in [0, 0.1) is 23.0 Å². The minimum absolute atomic E-state index is 0.0297. The maximum Gasteiger partial charge on any atom is 0.317 e. The molecule has 3 unspecified atom stereocenters. The average Bonchev–Trinajstić information content (AvgIpc) is 2.77. The van der Waals surface area contributed by atoms with Crippen molar-refractivity contribution in [2.75, 3.05) is 40.4 Å². The number of amides is 2. The molecule has 1 aliphatic rings. The molecule has 1 heterocycles. The fourth-order valence-electron chi connectivity index (χ4n) is 5.01.